The summed E-state index contributed by atoms with van der Waals surface area (Å²) < 4.78 is 1.76. The van der Waals surface area contributed by atoms with Crippen molar-refractivity contribution in [3.05, 3.63) is 53.9 Å². The third kappa shape index (κ3) is 2.85. The molecule has 3 rings (SSSR count). The lowest BCUT2D eigenvalue weighted by atomic mass is 10.1. The van der Waals surface area contributed by atoms with Crippen LogP contribution < -0.4 is 5.32 Å². The molecule has 0 aliphatic heterocycles. The van der Waals surface area contributed by atoms with Crippen LogP contribution in [0.4, 0.5) is 0 Å². The molecule has 4 heteroatoms. The maximum Gasteiger partial charge on any atom is 0.0860 e. The van der Waals surface area contributed by atoms with E-state index in [2.05, 4.69) is 34.7 Å². The highest BCUT2D eigenvalue weighted by Gasteiger charge is 2.21. The summed E-state index contributed by atoms with van der Waals surface area (Å²) >= 11 is 0. The first-order chi connectivity index (χ1) is 9.33. The first-order valence-corrected chi connectivity index (χ1v) is 6.79. The number of nitrogens with zero attached hydrogens (tertiary/aromatic N) is 2. The number of nitrogens with one attached hydrogen (secondary N) is 1. The number of fused-ring (bicyclic) bond motifs is 1. The zero-order chi connectivity index (χ0) is 13.1. The van der Waals surface area contributed by atoms with Crippen molar-refractivity contribution >= 4 is 0 Å². The number of hydrogen-bond donors (Lipinski definition) is 2. The van der Waals surface area contributed by atoms with Gasteiger partial charge in [0.15, 0.2) is 0 Å². The van der Waals surface area contributed by atoms with Gasteiger partial charge in [-0.25, -0.2) is 0 Å². The van der Waals surface area contributed by atoms with Gasteiger partial charge in [-0.3, -0.25) is 4.68 Å². The Labute approximate surface area is 113 Å². The maximum atomic E-state index is 10.0. The van der Waals surface area contributed by atoms with E-state index in [4.69, 9.17) is 0 Å². The SMILES string of the molecule is OC(CNC1CCc2ccccc21)Cn1cccn1. The highest BCUT2D eigenvalue weighted by atomic mass is 16.3. The van der Waals surface area contributed by atoms with E-state index in [1.165, 1.54) is 11.1 Å². The van der Waals surface area contributed by atoms with Gasteiger partial charge in [0, 0.05) is 25.0 Å². The number of aliphatic hydroxyl groups excluding tert-OH is 1. The van der Waals surface area contributed by atoms with Crippen molar-refractivity contribution in [3.8, 4) is 0 Å². The second-order valence-corrected chi connectivity index (χ2v) is 5.08. The van der Waals surface area contributed by atoms with Crippen molar-refractivity contribution in [2.45, 2.75) is 31.5 Å². The summed E-state index contributed by atoms with van der Waals surface area (Å²) in [5.41, 5.74) is 2.82. The number of rotatable bonds is 5. The third-order valence-corrected chi connectivity index (χ3v) is 3.69. The van der Waals surface area contributed by atoms with Crippen molar-refractivity contribution < 1.29 is 5.11 Å². The average molecular weight is 257 g/mol. The Kier molecular flexibility index (Phi) is 3.62. The van der Waals surface area contributed by atoms with Crippen LogP contribution in [-0.4, -0.2) is 27.5 Å². The largest absolute Gasteiger partial charge is 0.390 e. The summed E-state index contributed by atoms with van der Waals surface area (Å²) in [6.45, 7) is 1.13. The minimum absolute atomic E-state index is 0.378. The van der Waals surface area contributed by atoms with Gasteiger partial charge in [-0.1, -0.05) is 24.3 Å². The molecule has 1 aliphatic carbocycles. The van der Waals surface area contributed by atoms with Gasteiger partial charge in [-0.2, -0.15) is 5.10 Å². The molecule has 2 atom stereocenters. The van der Waals surface area contributed by atoms with E-state index in [0.717, 1.165) is 12.8 Å². The van der Waals surface area contributed by atoms with Gasteiger partial charge >= 0.3 is 0 Å². The second-order valence-electron chi connectivity index (χ2n) is 5.08. The van der Waals surface area contributed by atoms with E-state index in [1.807, 2.05) is 12.3 Å². The lowest BCUT2D eigenvalue weighted by Crippen LogP contribution is -2.32. The molecule has 1 aliphatic rings. The Morgan fingerprint density at radius 1 is 1.37 bits per heavy atom. The van der Waals surface area contributed by atoms with Gasteiger partial charge in [-0.05, 0) is 30.0 Å². The number of benzene rings is 1. The molecular formula is C15H19N3O. The first-order valence-electron chi connectivity index (χ1n) is 6.79. The molecule has 0 saturated heterocycles. The van der Waals surface area contributed by atoms with Crippen molar-refractivity contribution in [1.29, 1.82) is 0 Å². The van der Waals surface area contributed by atoms with Crippen molar-refractivity contribution in [2.75, 3.05) is 6.54 Å². The van der Waals surface area contributed by atoms with E-state index in [9.17, 15) is 5.11 Å². The second kappa shape index (κ2) is 5.55. The van der Waals surface area contributed by atoms with Gasteiger partial charge in [0.2, 0.25) is 0 Å². The van der Waals surface area contributed by atoms with Crippen LogP contribution in [0.5, 0.6) is 0 Å². The molecule has 2 unspecified atom stereocenters. The molecule has 19 heavy (non-hydrogen) atoms. The smallest absolute Gasteiger partial charge is 0.0860 e. The van der Waals surface area contributed by atoms with Crippen LogP contribution in [0.1, 0.15) is 23.6 Å². The van der Waals surface area contributed by atoms with Crippen molar-refractivity contribution in [3.63, 3.8) is 0 Å². The molecule has 0 radical (unpaired) electrons. The summed E-state index contributed by atoms with van der Waals surface area (Å²) in [6.07, 6.45) is 5.44. The molecular weight excluding hydrogens is 238 g/mol. The Morgan fingerprint density at radius 2 is 2.26 bits per heavy atom. The fourth-order valence-corrected chi connectivity index (χ4v) is 2.74. The maximum absolute atomic E-state index is 10.0. The fourth-order valence-electron chi connectivity index (χ4n) is 2.74. The zero-order valence-corrected chi connectivity index (χ0v) is 10.9. The van der Waals surface area contributed by atoms with Crippen LogP contribution in [0, 0.1) is 0 Å². The lowest BCUT2D eigenvalue weighted by Gasteiger charge is -2.17. The molecule has 4 nitrogen and oxygen atoms in total. The van der Waals surface area contributed by atoms with Crippen molar-refractivity contribution in [2.24, 2.45) is 0 Å². The summed E-state index contributed by atoms with van der Waals surface area (Å²) in [5.74, 6) is 0. The van der Waals surface area contributed by atoms with Crippen LogP contribution in [-0.2, 0) is 13.0 Å². The highest BCUT2D eigenvalue weighted by molar-refractivity contribution is 5.34. The Balaban J connectivity index is 1.53. The molecule has 1 aromatic heterocycles. The normalized spacial score (nSPS) is 19.3. The minimum atomic E-state index is -0.410. The van der Waals surface area contributed by atoms with E-state index in [-0.39, 0.29) is 0 Å². The molecule has 2 N–H and O–H groups in total. The van der Waals surface area contributed by atoms with Crippen LogP contribution in [0.3, 0.4) is 0 Å². The van der Waals surface area contributed by atoms with Crippen molar-refractivity contribution in [1.82, 2.24) is 15.1 Å². The van der Waals surface area contributed by atoms with E-state index in [0.29, 0.717) is 19.1 Å². The molecule has 0 saturated carbocycles. The van der Waals surface area contributed by atoms with Gasteiger partial charge in [0.1, 0.15) is 0 Å². The Hall–Kier alpha value is -1.65. The summed E-state index contributed by atoms with van der Waals surface area (Å²) in [5, 5.41) is 17.6. The molecule has 0 amide bonds. The number of aryl methyl sites for hydroxylation is 1. The van der Waals surface area contributed by atoms with Gasteiger partial charge in [0.05, 0.1) is 12.6 Å². The monoisotopic (exact) mass is 257 g/mol. The molecule has 1 aromatic carbocycles. The molecule has 0 bridgehead atoms. The lowest BCUT2D eigenvalue weighted by molar-refractivity contribution is 0.143. The average Bonchev–Trinajstić information content (AvgIpc) is 3.05. The zero-order valence-electron chi connectivity index (χ0n) is 10.9. The van der Waals surface area contributed by atoms with Crippen LogP contribution in [0.25, 0.3) is 0 Å². The molecule has 2 aromatic rings. The summed E-state index contributed by atoms with van der Waals surface area (Å²) in [6, 6.07) is 10.8. The first kappa shape index (κ1) is 12.4. The quantitative estimate of drug-likeness (QED) is 0.854. The Bertz CT molecular complexity index is 524. The summed E-state index contributed by atoms with van der Waals surface area (Å²) in [7, 11) is 0. The molecule has 100 valence electrons. The van der Waals surface area contributed by atoms with Crippen LogP contribution >= 0.6 is 0 Å². The predicted octanol–water partition coefficient (Wildman–Crippen LogP) is 1.52. The number of aromatic nitrogens is 2. The topological polar surface area (TPSA) is 50.1 Å². The molecule has 0 fully saturated rings. The van der Waals surface area contributed by atoms with E-state index in [1.54, 1.807) is 10.9 Å². The fraction of sp³-hybridized carbons (Fsp3) is 0.400. The third-order valence-electron chi connectivity index (χ3n) is 3.69. The number of aliphatic hydroxyl groups is 1. The van der Waals surface area contributed by atoms with Gasteiger partial charge in [-0.15, -0.1) is 0 Å². The van der Waals surface area contributed by atoms with Gasteiger partial charge in [0.25, 0.3) is 0 Å². The van der Waals surface area contributed by atoms with E-state index >= 15 is 0 Å². The van der Waals surface area contributed by atoms with Crippen LogP contribution in [0.2, 0.25) is 0 Å². The van der Waals surface area contributed by atoms with Crippen LogP contribution in [0.15, 0.2) is 42.7 Å². The Morgan fingerprint density at radius 3 is 3.11 bits per heavy atom. The predicted molar refractivity (Wildman–Crippen MR) is 73.7 cm³/mol. The molecule has 1 heterocycles. The summed E-state index contributed by atoms with van der Waals surface area (Å²) in [4.78, 5) is 0. The standard InChI is InChI=1S/C15H19N3O/c19-13(11-18-9-3-8-17-18)10-16-15-7-6-12-4-1-2-5-14(12)15/h1-5,8-9,13,15-16,19H,6-7,10-11H2. The molecule has 0 spiro atoms. The van der Waals surface area contributed by atoms with Gasteiger partial charge < -0.3 is 10.4 Å². The number of hydrogen-bond acceptors (Lipinski definition) is 3. The van der Waals surface area contributed by atoms with E-state index < -0.39 is 6.10 Å². The minimum Gasteiger partial charge on any atom is -0.390 e. The highest BCUT2D eigenvalue weighted by Crippen LogP contribution is 2.30.